The van der Waals surface area contributed by atoms with Crippen molar-refractivity contribution in [2.75, 3.05) is 7.11 Å². The first-order chi connectivity index (χ1) is 6.38. The molecule has 2 heteroatoms. The fourth-order valence-electron chi connectivity index (χ4n) is 1.28. The minimum atomic E-state index is 0.0563. The normalized spacial score (nSPS) is 12.0. The van der Waals surface area contributed by atoms with Crippen molar-refractivity contribution in [1.29, 1.82) is 5.26 Å². The van der Waals surface area contributed by atoms with E-state index >= 15 is 0 Å². The Bertz CT molecular complexity index is 276. The molecule has 0 amide bonds. The van der Waals surface area contributed by atoms with Crippen molar-refractivity contribution in [2.45, 2.75) is 18.9 Å². The summed E-state index contributed by atoms with van der Waals surface area (Å²) in [5.74, 6) is 0. The maximum atomic E-state index is 8.45. The predicted molar refractivity (Wildman–Crippen MR) is 51.0 cm³/mol. The molecule has 1 atom stereocenters. The van der Waals surface area contributed by atoms with Crippen molar-refractivity contribution in [2.24, 2.45) is 0 Å². The number of benzene rings is 1. The van der Waals surface area contributed by atoms with E-state index in [0.717, 1.165) is 12.0 Å². The van der Waals surface area contributed by atoms with Gasteiger partial charge in [-0.2, -0.15) is 5.26 Å². The quantitative estimate of drug-likeness (QED) is 0.704. The summed E-state index contributed by atoms with van der Waals surface area (Å²) in [5, 5.41) is 8.45. The molecule has 13 heavy (non-hydrogen) atoms. The standard InChI is InChI=1S/C11H13NO/c1-13-11(8-5-9-12)10-6-3-2-4-7-10/h2-4,6-7,11H,5,8H2,1H3/t11-/m0/s1. The fourth-order valence-corrected chi connectivity index (χ4v) is 1.28. The summed E-state index contributed by atoms with van der Waals surface area (Å²) in [4.78, 5) is 0. The van der Waals surface area contributed by atoms with Crippen LogP contribution in [0, 0.1) is 11.3 Å². The van der Waals surface area contributed by atoms with Crippen LogP contribution in [-0.4, -0.2) is 7.11 Å². The molecule has 0 heterocycles. The molecule has 0 aromatic heterocycles. The second-order valence-electron chi connectivity index (χ2n) is 2.83. The van der Waals surface area contributed by atoms with E-state index < -0.39 is 0 Å². The molecule has 0 aliphatic heterocycles. The predicted octanol–water partition coefficient (Wildman–Crippen LogP) is 2.68. The molecular formula is C11H13NO. The molecule has 0 spiro atoms. The van der Waals surface area contributed by atoms with Crippen molar-refractivity contribution >= 4 is 0 Å². The van der Waals surface area contributed by atoms with E-state index in [1.165, 1.54) is 0 Å². The largest absolute Gasteiger partial charge is 0.377 e. The lowest BCUT2D eigenvalue weighted by Gasteiger charge is -2.13. The summed E-state index contributed by atoms with van der Waals surface area (Å²) in [6, 6.07) is 12.1. The molecule has 1 aromatic carbocycles. The Morgan fingerprint density at radius 1 is 1.38 bits per heavy atom. The Morgan fingerprint density at radius 3 is 2.62 bits per heavy atom. The minimum Gasteiger partial charge on any atom is -0.377 e. The van der Waals surface area contributed by atoms with Crippen LogP contribution in [-0.2, 0) is 4.74 Å². The van der Waals surface area contributed by atoms with Gasteiger partial charge in [-0.1, -0.05) is 30.3 Å². The summed E-state index contributed by atoms with van der Waals surface area (Å²) in [6.07, 6.45) is 1.35. The zero-order valence-corrected chi connectivity index (χ0v) is 7.73. The molecule has 0 saturated carbocycles. The monoisotopic (exact) mass is 175 g/mol. The summed E-state index contributed by atoms with van der Waals surface area (Å²) in [5.41, 5.74) is 1.14. The third kappa shape index (κ3) is 2.89. The molecule has 1 rings (SSSR count). The Labute approximate surface area is 78.8 Å². The van der Waals surface area contributed by atoms with Gasteiger partial charge in [0, 0.05) is 13.5 Å². The van der Waals surface area contributed by atoms with E-state index in [-0.39, 0.29) is 6.10 Å². The first kappa shape index (κ1) is 9.76. The third-order valence-electron chi connectivity index (χ3n) is 1.97. The van der Waals surface area contributed by atoms with Gasteiger partial charge in [-0.15, -0.1) is 0 Å². The van der Waals surface area contributed by atoms with E-state index in [9.17, 15) is 0 Å². The van der Waals surface area contributed by atoms with Crippen LogP contribution in [0.25, 0.3) is 0 Å². The topological polar surface area (TPSA) is 33.0 Å². The number of rotatable bonds is 4. The molecule has 2 nitrogen and oxygen atoms in total. The van der Waals surface area contributed by atoms with Crippen LogP contribution in [0.15, 0.2) is 30.3 Å². The molecule has 1 aromatic rings. The van der Waals surface area contributed by atoms with Crippen molar-refractivity contribution in [3.05, 3.63) is 35.9 Å². The highest BCUT2D eigenvalue weighted by atomic mass is 16.5. The maximum Gasteiger partial charge on any atom is 0.0831 e. The fraction of sp³-hybridized carbons (Fsp3) is 0.364. The molecule has 0 saturated heterocycles. The number of nitriles is 1. The summed E-state index contributed by atoms with van der Waals surface area (Å²) in [7, 11) is 1.68. The van der Waals surface area contributed by atoms with Crippen LogP contribution < -0.4 is 0 Å². The van der Waals surface area contributed by atoms with Gasteiger partial charge < -0.3 is 4.74 Å². The number of ether oxygens (including phenoxy) is 1. The molecule has 68 valence electrons. The second-order valence-corrected chi connectivity index (χ2v) is 2.83. The lowest BCUT2D eigenvalue weighted by Crippen LogP contribution is -2.00. The number of methoxy groups -OCH3 is 1. The Morgan fingerprint density at radius 2 is 2.08 bits per heavy atom. The zero-order valence-electron chi connectivity index (χ0n) is 7.73. The average Bonchev–Trinajstić information content (AvgIpc) is 2.21. The molecule has 0 unspecified atom stereocenters. The Kier molecular flexibility index (Phi) is 4.01. The summed E-state index contributed by atoms with van der Waals surface area (Å²) in [6.45, 7) is 0. The van der Waals surface area contributed by atoms with E-state index in [4.69, 9.17) is 10.00 Å². The number of nitrogens with zero attached hydrogens (tertiary/aromatic N) is 1. The minimum absolute atomic E-state index is 0.0563. The van der Waals surface area contributed by atoms with Gasteiger partial charge in [0.05, 0.1) is 12.2 Å². The van der Waals surface area contributed by atoms with Gasteiger partial charge in [0.1, 0.15) is 0 Å². The van der Waals surface area contributed by atoms with Crippen LogP contribution in [0.4, 0.5) is 0 Å². The Balaban J connectivity index is 2.63. The van der Waals surface area contributed by atoms with Crippen molar-refractivity contribution < 1.29 is 4.74 Å². The number of hydrogen-bond donors (Lipinski definition) is 0. The molecule has 0 bridgehead atoms. The van der Waals surface area contributed by atoms with Gasteiger partial charge in [0.15, 0.2) is 0 Å². The summed E-state index contributed by atoms with van der Waals surface area (Å²) >= 11 is 0. The van der Waals surface area contributed by atoms with Crippen LogP contribution >= 0.6 is 0 Å². The van der Waals surface area contributed by atoms with Crippen LogP contribution in [0.2, 0.25) is 0 Å². The lowest BCUT2D eigenvalue weighted by atomic mass is 10.1. The molecule has 0 radical (unpaired) electrons. The molecular weight excluding hydrogens is 162 g/mol. The zero-order chi connectivity index (χ0) is 9.52. The van der Waals surface area contributed by atoms with Crippen LogP contribution in [0.3, 0.4) is 0 Å². The third-order valence-corrected chi connectivity index (χ3v) is 1.97. The maximum absolute atomic E-state index is 8.45. The summed E-state index contributed by atoms with van der Waals surface area (Å²) < 4.78 is 5.29. The van der Waals surface area contributed by atoms with Gasteiger partial charge in [0.2, 0.25) is 0 Å². The van der Waals surface area contributed by atoms with Gasteiger partial charge in [-0.05, 0) is 12.0 Å². The average molecular weight is 175 g/mol. The van der Waals surface area contributed by atoms with Crippen molar-refractivity contribution in [3.63, 3.8) is 0 Å². The highest BCUT2D eigenvalue weighted by molar-refractivity contribution is 5.17. The first-order valence-corrected chi connectivity index (χ1v) is 4.33. The van der Waals surface area contributed by atoms with Gasteiger partial charge >= 0.3 is 0 Å². The Hall–Kier alpha value is -1.33. The van der Waals surface area contributed by atoms with Crippen molar-refractivity contribution in [3.8, 4) is 6.07 Å². The molecule has 0 N–H and O–H groups in total. The SMILES string of the molecule is CO[C@@H](CCC#N)c1ccccc1. The molecule has 0 fully saturated rings. The van der Waals surface area contributed by atoms with E-state index in [2.05, 4.69) is 6.07 Å². The smallest absolute Gasteiger partial charge is 0.0831 e. The van der Waals surface area contributed by atoms with Gasteiger partial charge in [-0.25, -0.2) is 0 Å². The second kappa shape index (κ2) is 5.34. The number of hydrogen-bond acceptors (Lipinski definition) is 2. The van der Waals surface area contributed by atoms with Crippen molar-refractivity contribution in [1.82, 2.24) is 0 Å². The highest BCUT2D eigenvalue weighted by Crippen LogP contribution is 2.20. The van der Waals surface area contributed by atoms with E-state index in [1.807, 2.05) is 30.3 Å². The van der Waals surface area contributed by atoms with Crippen LogP contribution in [0.1, 0.15) is 24.5 Å². The van der Waals surface area contributed by atoms with E-state index in [0.29, 0.717) is 6.42 Å². The van der Waals surface area contributed by atoms with Gasteiger partial charge in [0.25, 0.3) is 0 Å². The lowest BCUT2D eigenvalue weighted by molar-refractivity contribution is 0.0969. The van der Waals surface area contributed by atoms with E-state index in [1.54, 1.807) is 7.11 Å². The van der Waals surface area contributed by atoms with Crippen LogP contribution in [0.5, 0.6) is 0 Å². The molecule has 0 aliphatic carbocycles. The first-order valence-electron chi connectivity index (χ1n) is 4.33. The molecule has 0 aliphatic rings. The highest BCUT2D eigenvalue weighted by Gasteiger charge is 2.08. The van der Waals surface area contributed by atoms with Gasteiger partial charge in [-0.3, -0.25) is 0 Å².